The van der Waals surface area contributed by atoms with E-state index in [1.54, 1.807) is 0 Å². The second kappa shape index (κ2) is 4.25. The van der Waals surface area contributed by atoms with Crippen molar-refractivity contribution in [3.63, 3.8) is 0 Å². The molecule has 0 unspecified atom stereocenters. The third-order valence-corrected chi connectivity index (χ3v) is 2.04. The summed E-state index contributed by atoms with van der Waals surface area (Å²) in [5.74, 6) is 5.28. The molecule has 0 aliphatic rings. The maximum absolute atomic E-state index is 5.41. The number of rotatable bonds is 1. The molecule has 0 aliphatic carbocycles. The predicted molar refractivity (Wildman–Crippen MR) is 57.5 cm³/mol. The van der Waals surface area contributed by atoms with Gasteiger partial charge >= 0.3 is 0 Å². The summed E-state index contributed by atoms with van der Waals surface area (Å²) in [6.07, 6.45) is 0. The molecule has 1 aromatic rings. The van der Waals surface area contributed by atoms with Gasteiger partial charge in [0, 0.05) is 4.47 Å². The highest BCUT2D eigenvalue weighted by Crippen LogP contribution is 2.22. The van der Waals surface area contributed by atoms with Crippen molar-refractivity contribution in [3.05, 3.63) is 28.2 Å². The molecule has 0 radical (unpaired) electrons. The Balaban J connectivity index is 3.03. The highest BCUT2D eigenvalue weighted by molar-refractivity contribution is 9.10. The van der Waals surface area contributed by atoms with E-state index in [1.807, 2.05) is 25.1 Å². The molecule has 0 spiro atoms. The Morgan fingerprint density at radius 3 is 2.77 bits per heavy atom. The first kappa shape index (κ1) is 10.0. The maximum Gasteiger partial charge on any atom is 0.208 e. The number of guanidine groups is 1. The smallest absolute Gasteiger partial charge is 0.208 e. The number of halogens is 1. The van der Waals surface area contributed by atoms with Crippen LogP contribution in [0.2, 0.25) is 0 Å². The Kier molecular flexibility index (Phi) is 3.27. The van der Waals surface area contributed by atoms with Gasteiger partial charge in [-0.3, -0.25) is 5.43 Å². The lowest BCUT2D eigenvalue weighted by molar-refractivity contribution is 1.01. The van der Waals surface area contributed by atoms with Gasteiger partial charge in [0.05, 0.1) is 5.69 Å². The number of hydrazine groups is 1. The zero-order valence-electron chi connectivity index (χ0n) is 7.21. The third-order valence-electron chi connectivity index (χ3n) is 1.55. The Morgan fingerprint density at radius 1 is 1.54 bits per heavy atom. The van der Waals surface area contributed by atoms with Gasteiger partial charge in [-0.25, -0.2) is 10.8 Å². The van der Waals surface area contributed by atoms with E-state index in [0.717, 1.165) is 15.7 Å². The van der Waals surface area contributed by atoms with Crippen molar-refractivity contribution >= 4 is 27.6 Å². The first-order chi connectivity index (χ1) is 6.13. The SMILES string of the molecule is Cc1cc(Br)ccc1N=C(N)NN. The predicted octanol–water partition coefficient (Wildman–Crippen LogP) is 1.17. The molecule has 0 saturated carbocycles. The van der Waals surface area contributed by atoms with Crippen LogP contribution < -0.4 is 17.0 Å². The average molecular weight is 243 g/mol. The van der Waals surface area contributed by atoms with Gasteiger partial charge in [-0.1, -0.05) is 15.9 Å². The van der Waals surface area contributed by atoms with Gasteiger partial charge in [0.25, 0.3) is 0 Å². The van der Waals surface area contributed by atoms with E-state index >= 15 is 0 Å². The molecule has 70 valence electrons. The van der Waals surface area contributed by atoms with Crippen LogP contribution >= 0.6 is 15.9 Å². The van der Waals surface area contributed by atoms with Crippen molar-refractivity contribution < 1.29 is 0 Å². The van der Waals surface area contributed by atoms with Crippen molar-refractivity contribution in [1.29, 1.82) is 0 Å². The molecular weight excluding hydrogens is 232 g/mol. The normalized spacial score (nSPS) is 11.5. The van der Waals surface area contributed by atoms with E-state index in [1.165, 1.54) is 0 Å². The van der Waals surface area contributed by atoms with Crippen LogP contribution in [0.15, 0.2) is 27.7 Å². The number of aliphatic imine (C=N–C) groups is 1. The zero-order valence-corrected chi connectivity index (χ0v) is 8.80. The molecule has 4 nitrogen and oxygen atoms in total. The van der Waals surface area contributed by atoms with Crippen molar-refractivity contribution in [2.45, 2.75) is 6.92 Å². The molecule has 13 heavy (non-hydrogen) atoms. The maximum atomic E-state index is 5.41. The molecule has 0 atom stereocenters. The number of hydrogen-bond acceptors (Lipinski definition) is 2. The highest BCUT2D eigenvalue weighted by Gasteiger charge is 1.97. The Labute approximate surface area is 85.1 Å². The minimum absolute atomic E-state index is 0.199. The summed E-state index contributed by atoms with van der Waals surface area (Å²) in [4.78, 5) is 4.06. The number of nitrogens with two attached hydrogens (primary N) is 2. The summed E-state index contributed by atoms with van der Waals surface area (Å²) < 4.78 is 1.02. The van der Waals surface area contributed by atoms with Crippen molar-refractivity contribution in [2.24, 2.45) is 16.6 Å². The van der Waals surface area contributed by atoms with Crippen LogP contribution in [0.4, 0.5) is 5.69 Å². The van der Waals surface area contributed by atoms with E-state index in [9.17, 15) is 0 Å². The van der Waals surface area contributed by atoms with Crippen molar-refractivity contribution in [3.8, 4) is 0 Å². The van der Waals surface area contributed by atoms with E-state index in [0.29, 0.717) is 0 Å². The summed E-state index contributed by atoms with van der Waals surface area (Å²) in [7, 11) is 0. The fourth-order valence-electron chi connectivity index (χ4n) is 0.906. The molecule has 1 rings (SSSR count). The topological polar surface area (TPSA) is 76.4 Å². The van der Waals surface area contributed by atoms with E-state index < -0.39 is 0 Å². The van der Waals surface area contributed by atoms with E-state index in [4.69, 9.17) is 11.6 Å². The number of hydrogen-bond donors (Lipinski definition) is 3. The number of nitrogens with zero attached hydrogens (tertiary/aromatic N) is 1. The molecule has 1 aromatic carbocycles. The molecular formula is C8H11BrN4. The molecule has 0 heterocycles. The highest BCUT2D eigenvalue weighted by atomic mass is 79.9. The van der Waals surface area contributed by atoms with Gasteiger partial charge in [-0.2, -0.15) is 0 Å². The summed E-state index contributed by atoms with van der Waals surface area (Å²) in [5.41, 5.74) is 9.52. The molecule has 5 N–H and O–H groups in total. The lowest BCUT2D eigenvalue weighted by atomic mass is 10.2. The lowest BCUT2D eigenvalue weighted by Crippen LogP contribution is -2.36. The van der Waals surface area contributed by atoms with Crippen molar-refractivity contribution in [1.82, 2.24) is 5.43 Å². The second-order valence-electron chi connectivity index (χ2n) is 2.57. The minimum atomic E-state index is 0.199. The monoisotopic (exact) mass is 242 g/mol. The molecule has 5 heteroatoms. The van der Waals surface area contributed by atoms with Gasteiger partial charge in [0.1, 0.15) is 0 Å². The van der Waals surface area contributed by atoms with Gasteiger partial charge in [-0.15, -0.1) is 0 Å². The van der Waals surface area contributed by atoms with E-state index in [2.05, 4.69) is 26.3 Å². The second-order valence-corrected chi connectivity index (χ2v) is 3.49. The molecule has 0 aromatic heterocycles. The van der Waals surface area contributed by atoms with Crippen LogP contribution in [0.25, 0.3) is 0 Å². The van der Waals surface area contributed by atoms with Gasteiger partial charge in [0.15, 0.2) is 0 Å². The van der Waals surface area contributed by atoms with Crippen molar-refractivity contribution in [2.75, 3.05) is 0 Å². The Bertz CT molecular complexity index is 335. The molecule has 0 bridgehead atoms. The van der Waals surface area contributed by atoms with Crippen LogP contribution in [0.5, 0.6) is 0 Å². The number of nitrogens with one attached hydrogen (secondary N) is 1. The van der Waals surface area contributed by atoms with Gasteiger partial charge in [0.2, 0.25) is 5.96 Å². The average Bonchev–Trinajstić information content (AvgIpc) is 2.09. The fourth-order valence-corrected chi connectivity index (χ4v) is 1.38. The molecule has 0 saturated heterocycles. The summed E-state index contributed by atoms with van der Waals surface area (Å²) >= 11 is 3.36. The largest absolute Gasteiger partial charge is 0.369 e. The zero-order chi connectivity index (χ0) is 9.84. The first-order valence-electron chi connectivity index (χ1n) is 3.70. The quantitative estimate of drug-likeness (QED) is 0.300. The minimum Gasteiger partial charge on any atom is -0.369 e. The van der Waals surface area contributed by atoms with Crippen LogP contribution in [0, 0.1) is 6.92 Å². The lowest BCUT2D eigenvalue weighted by Gasteiger charge is -2.02. The summed E-state index contributed by atoms with van der Waals surface area (Å²) in [6, 6.07) is 5.72. The third kappa shape index (κ3) is 2.71. The van der Waals surface area contributed by atoms with Crippen LogP contribution in [-0.2, 0) is 0 Å². The van der Waals surface area contributed by atoms with Gasteiger partial charge in [-0.05, 0) is 30.7 Å². The van der Waals surface area contributed by atoms with Crippen LogP contribution in [-0.4, -0.2) is 5.96 Å². The fraction of sp³-hybridized carbons (Fsp3) is 0.125. The van der Waals surface area contributed by atoms with Gasteiger partial charge < -0.3 is 5.73 Å². The summed E-state index contributed by atoms with van der Waals surface area (Å²) in [6.45, 7) is 1.95. The van der Waals surface area contributed by atoms with E-state index in [-0.39, 0.29) is 5.96 Å². The Hall–Kier alpha value is -1.07. The first-order valence-corrected chi connectivity index (χ1v) is 4.49. The molecule has 0 amide bonds. The standard InChI is InChI=1S/C8H11BrN4/c1-5-4-6(9)2-3-7(5)12-8(10)13-11/h2-4H,11H2,1H3,(H3,10,12,13). The molecule has 0 aliphatic heterocycles. The molecule has 0 fully saturated rings. The number of benzene rings is 1. The summed E-state index contributed by atoms with van der Waals surface area (Å²) in [5, 5.41) is 0. The van der Waals surface area contributed by atoms with Crippen LogP contribution in [0.1, 0.15) is 5.56 Å². The van der Waals surface area contributed by atoms with Crippen LogP contribution in [0.3, 0.4) is 0 Å². The Morgan fingerprint density at radius 2 is 2.23 bits per heavy atom. The number of aryl methyl sites for hydroxylation is 1.